The van der Waals surface area contributed by atoms with Gasteiger partial charge in [-0.25, -0.2) is 0 Å². The van der Waals surface area contributed by atoms with Gasteiger partial charge in [-0.1, -0.05) is 13.3 Å². The molecular formula is C11H15BrN2O3. The molecule has 0 fully saturated rings. The Hall–Kier alpha value is -1.14. The largest absolute Gasteiger partial charge is 0.394 e. The fourth-order valence-corrected chi connectivity index (χ4v) is 1.99. The molecule has 0 aromatic heterocycles. The van der Waals surface area contributed by atoms with Gasteiger partial charge in [0.2, 0.25) is 0 Å². The number of nitro benzene ring substituents is 1. The first-order valence-electron chi connectivity index (χ1n) is 5.39. The molecule has 1 atom stereocenters. The minimum Gasteiger partial charge on any atom is -0.394 e. The van der Waals surface area contributed by atoms with E-state index in [-0.39, 0.29) is 18.3 Å². The molecule has 0 spiro atoms. The maximum absolute atomic E-state index is 10.6. The van der Waals surface area contributed by atoms with E-state index in [1.54, 1.807) is 6.07 Å². The van der Waals surface area contributed by atoms with Crippen molar-refractivity contribution in [1.29, 1.82) is 0 Å². The van der Waals surface area contributed by atoms with E-state index in [1.807, 2.05) is 6.92 Å². The monoisotopic (exact) mass is 302 g/mol. The summed E-state index contributed by atoms with van der Waals surface area (Å²) >= 11 is 3.28. The number of rotatable bonds is 6. The van der Waals surface area contributed by atoms with Gasteiger partial charge >= 0.3 is 0 Å². The number of halogens is 1. The molecule has 0 aliphatic heterocycles. The Bertz CT molecular complexity index is 398. The fourth-order valence-electron chi connectivity index (χ4n) is 1.51. The Morgan fingerprint density at radius 2 is 2.29 bits per heavy atom. The van der Waals surface area contributed by atoms with E-state index in [9.17, 15) is 10.1 Å². The highest BCUT2D eigenvalue weighted by Crippen LogP contribution is 2.27. The second-order valence-electron chi connectivity index (χ2n) is 3.73. The summed E-state index contributed by atoms with van der Waals surface area (Å²) in [6.07, 6.45) is 1.81. The van der Waals surface area contributed by atoms with Gasteiger partial charge in [-0.05, 0) is 28.4 Å². The van der Waals surface area contributed by atoms with Crippen LogP contribution in [0.3, 0.4) is 0 Å². The Morgan fingerprint density at radius 3 is 2.76 bits per heavy atom. The molecule has 0 saturated heterocycles. The number of nitro groups is 1. The van der Waals surface area contributed by atoms with Gasteiger partial charge in [-0.2, -0.15) is 0 Å². The van der Waals surface area contributed by atoms with Crippen molar-refractivity contribution in [3.8, 4) is 0 Å². The van der Waals surface area contributed by atoms with Gasteiger partial charge in [0.1, 0.15) is 0 Å². The second kappa shape index (κ2) is 6.56. The molecule has 5 nitrogen and oxygen atoms in total. The van der Waals surface area contributed by atoms with Gasteiger partial charge in [0, 0.05) is 28.3 Å². The predicted octanol–water partition coefficient (Wildman–Crippen LogP) is 2.93. The highest BCUT2D eigenvalue weighted by molar-refractivity contribution is 9.10. The van der Waals surface area contributed by atoms with Gasteiger partial charge in [-0.15, -0.1) is 0 Å². The van der Waals surface area contributed by atoms with E-state index >= 15 is 0 Å². The molecule has 2 N–H and O–H groups in total. The Kier molecular flexibility index (Phi) is 5.37. The van der Waals surface area contributed by atoms with Crippen molar-refractivity contribution >= 4 is 27.3 Å². The predicted molar refractivity (Wildman–Crippen MR) is 70.2 cm³/mol. The van der Waals surface area contributed by atoms with Crippen molar-refractivity contribution in [1.82, 2.24) is 0 Å². The van der Waals surface area contributed by atoms with Gasteiger partial charge in [0.05, 0.1) is 11.5 Å². The third kappa shape index (κ3) is 3.98. The Morgan fingerprint density at radius 1 is 1.59 bits per heavy atom. The summed E-state index contributed by atoms with van der Waals surface area (Å²) in [5, 5.41) is 22.9. The lowest BCUT2D eigenvalue weighted by molar-refractivity contribution is -0.384. The van der Waals surface area contributed by atoms with Crippen LogP contribution in [-0.4, -0.2) is 22.7 Å². The van der Waals surface area contributed by atoms with Gasteiger partial charge in [-0.3, -0.25) is 10.1 Å². The first kappa shape index (κ1) is 13.9. The summed E-state index contributed by atoms with van der Waals surface area (Å²) in [5.74, 6) is 0. The van der Waals surface area contributed by atoms with Crippen molar-refractivity contribution in [2.24, 2.45) is 0 Å². The van der Waals surface area contributed by atoms with Crippen LogP contribution in [0.5, 0.6) is 0 Å². The molecule has 6 heteroatoms. The summed E-state index contributed by atoms with van der Waals surface area (Å²) in [7, 11) is 0. The molecule has 0 saturated carbocycles. The lowest BCUT2D eigenvalue weighted by Gasteiger charge is -2.17. The molecule has 1 aromatic carbocycles. The molecule has 17 heavy (non-hydrogen) atoms. The average molecular weight is 303 g/mol. The van der Waals surface area contributed by atoms with Gasteiger partial charge in [0.15, 0.2) is 0 Å². The summed E-state index contributed by atoms with van der Waals surface area (Å²) in [5.41, 5.74) is 0.793. The molecule has 0 radical (unpaired) electrons. The second-order valence-corrected chi connectivity index (χ2v) is 4.59. The molecule has 0 heterocycles. The number of hydrogen-bond acceptors (Lipinski definition) is 4. The fraction of sp³-hybridized carbons (Fsp3) is 0.455. The van der Waals surface area contributed by atoms with Gasteiger partial charge < -0.3 is 10.4 Å². The highest BCUT2D eigenvalue weighted by Gasteiger charge is 2.12. The standard InChI is InChI=1S/C11H15BrN2O3/c1-2-3-8(7-15)13-11-5-4-9(14(16)17)6-10(11)12/h4-6,8,13,15H,2-3,7H2,1H3. The lowest BCUT2D eigenvalue weighted by atomic mass is 10.1. The number of nitrogens with zero attached hydrogens (tertiary/aromatic N) is 1. The number of non-ortho nitro benzene ring substituents is 1. The first-order valence-corrected chi connectivity index (χ1v) is 6.19. The topological polar surface area (TPSA) is 75.4 Å². The van der Waals surface area contributed by atoms with Crippen LogP contribution in [0.1, 0.15) is 19.8 Å². The zero-order valence-corrected chi connectivity index (χ0v) is 11.1. The van der Waals surface area contributed by atoms with Crippen molar-refractivity contribution in [2.75, 3.05) is 11.9 Å². The van der Waals surface area contributed by atoms with Crippen molar-refractivity contribution in [2.45, 2.75) is 25.8 Å². The van der Waals surface area contributed by atoms with Crippen LogP contribution >= 0.6 is 15.9 Å². The third-order valence-corrected chi connectivity index (χ3v) is 3.04. The zero-order valence-electron chi connectivity index (χ0n) is 9.52. The van der Waals surface area contributed by atoms with E-state index in [2.05, 4.69) is 21.2 Å². The Labute approximate surface area is 108 Å². The Balaban J connectivity index is 2.81. The number of aliphatic hydroxyl groups is 1. The quantitative estimate of drug-likeness (QED) is 0.626. The molecular weight excluding hydrogens is 288 g/mol. The number of benzene rings is 1. The molecule has 0 aliphatic carbocycles. The average Bonchev–Trinajstić information content (AvgIpc) is 2.30. The molecule has 0 amide bonds. The minimum atomic E-state index is -0.440. The van der Waals surface area contributed by atoms with Gasteiger partial charge in [0.25, 0.3) is 5.69 Å². The summed E-state index contributed by atoms with van der Waals surface area (Å²) in [6, 6.07) is 4.49. The van der Waals surface area contributed by atoms with Crippen LogP contribution in [0.25, 0.3) is 0 Å². The third-order valence-electron chi connectivity index (χ3n) is 2.38. The number of anilines is 1. The smallest absolute Gasteiger partial charge is 0.270 e. The normalized spacial score (nSPS) is 12.2. The SMILES string of the molecule is CCCC(CO)Nc1ccc([N+](=O)[O-])cc1Br. The zero-order chi connectivity index (χ0) is 12.8. The lowest BCUT2D eigenvalue weighted by Crippen LogP contribution is -2.23. The van der Waals surface area contributed by atoms with E-state index in [0.29, 0.717) is 4.47 Å². The van der Waals surface area contributed by atoms with E-state index in [4.69, 9.17) is 5.11 Å². The number of nitrogens with one attached hydrogen (secondary N) is 1. The van der Waals surface area contributed by atoms with Crippen molar-refractivity contribution in [3.05, 3.63) is 32.8 Å². The van der Waals surface area contributed by atoms with E-state index < -0.39 is 4.92 Å². The van der Waals surface area contributed by atoms with Crippen molar-refractivity contribution in [3.63, 3.8) is 0 Å². The minimum absolute atomic E-state index is 0.0299. The number of hydrogen-bond donors (Lipinski definition) is 2. The van der Waals surface area contributed by atoms with Crippen LogP contribution in [0.15, 0.2) is 22.7 Å². The van der Waals surface area contributed by atoms with E-state index in [1.165, 1.54) is 12.1 Å². The molecule has 0 bridgehead atoms. The van der Waals surface area contributed by atoms with Crippen molar-refractivity contribution < 1.29 is 10.0 Å². The number of aliphatic hydroxyl groups excluding tert-OH is 1. The first-order chi connectivity index (χ1) is 8.08. The molecule has 94 valence electrons. The summed E-state index contributed by atoms with van der Waals surface area (Å²) in [6.45, 7) is 2.08. The molecule has 1 aromatic rings. The maximum atomic E-state index is 10.6. The van der Waals surface area contributed by atoms with Crippen LogP contribution in [0, 0.1) is 10.1 Å². The molecule has 1 unspecified atom stereocenters. The van der Waals surface area contributed by atoms with Crippen LogP contribution in [0.4, 0.5) is 11.4 Å². The molecule has 1 rings (SSSR count). The maximum Gasteiger partial charge on any atom is 0.270 e. The van der Waals surface area contributed by atoms with Crippen LogP contribution in [-0.2, 0) is 0 Å². The highest BCUT2D eigenvalue weighted by atomic mass is 79.9. The van der Waals surface area contributed by atoms with E-state index in [0.717, 1.165) is 18.5 Å². The summed E-state index contributed by atoms with van der Waals surface area (Å²) in [4.78, 5) is 10.1. The van der Waals surface area contributed by atoms with Crippen LogP contribution < -0.4 is 5.32 Å². The van der Waals surface area contributed by atoms with Crippen LogP contribution in [0.2, 0.25) is 0 Å². The summed E-state index contributed by atoms with van der Waals surface area (Å²) < 4.78 is 0.626. The molecule has 0 aliphatic rings.